The molecule has 4 aliphatic rings. The van der Waals surface area contributed by atoms with Gasteiger partial charge in [-0.2, -0.15) is 0 Å². The van der Waals surface area contributed by atoms with Crippen molar-refractivity contribution >= 4 is 17.5 Å². The van der Waals surface area contributed by atoms with Crippen LogP contribution < -0.4 is 0 Å². The van der Waals surface area contributed by atoms with E-state index >= 15 is 0 Å². The largest absolute Gasteiger partial charge is 0.460 e. The van der Waals surface area contributed by atoms with E-state index < -0.39 is 68.8 Å². The molecular weight excluding hydrogens is 512 g/mol. The number of ketones is 2. The van der Waals surface area contributed by atoms with Crippen LogP contribution in [-0.2, 0) is 19.1 Å². The molecular formula is C32H50O8. The van der Waals surface area contributed by atoms with Gasteiger partial charge in [0.05, 0.1) is 18.3 Å². The normalized spacial score (nSPS) is 44.0. The lowest BCUT2D eigenvalue weighted by Gasteiger charge is -2.65. The van der Waals surface area contributed by atoms with Gasteiger partial charge in [0, 0.05) is 36.5 Å². The van der Waals surface area contributed by atoms with Crippen LogP contribution in [0.4, 0.5) is 0 Å². The monoisotopic (exact) mass is 562 g/mol. The summed E-state index contributed by atoms with van der Waals surface area (Å²) in [6.07, 6.45) is 0.776. The predicted molar refractivity (Wildman–Crippen MR) is 149 cm³/mol. The topological polar surface area (TPSA) is 141 Å². The van der Waals surface area contributed by atoms with Gasteiger partial charge in [-0.3, -0.25) is 14.4 Å². The third-order valence-corrected chi connectivity index (χ3v) is 12.2. The smallest absolute Gasteiger partial charge is 0.303 e. The maximum atomic E-state index is 14.3. The molecule has 0 bridgehead atoms. The minimum Gasteiger partial charge on any atom is -0.460 e. The highest BCUT2D eigenvalue weighted by Gasteiger charge is 2.74. The van der Waals surface area contributed by atoms with Crippen LogP contribution in [0.2, 0.25) is 0 Å². The number of carbonyl (C=O) groups is 3. The van der Waals surface area contributed by atoms with Crippen LogP contribution >= 0.6 is 0 Å². The lowest BCUT2D eigenvalue weighted by atomic mass is 9.38. The Kier molecular flexibility index (Phi) is 7.40. The van der Waals surface area contributed by atoms with Gasteiger partial charge in [0.25, 0.3) is 0 Å². The summed E-state index contributed by atoms with van der Waals surface area (Å²) in [4.78, 5) is 39.4. The van der Waals surface area contributed by atoms with Gasteiger partial charge in [-0.15, -0.1) is 0 Å². The molecule has 0 spiro atoms. The van der Waals surface area contributed by atoms with Gasteiger partial charge in [-0.05, 0) is 69.1 Å². The molecule has 8 nitrogen and oxygen atoms in total. The molecule has 0 heterocycles. The predicted octanol–water partition coefficient (Wildman–Crippen LogP) is 3.52. The Labute approximate surface area is 238 Å². The fourth-order valence-corrected chi connectivity index (χ4v) is 9.83. The van der Waals surface area contributed by atoms with Gasteiger partial charge in [0.15, 0.2) is 5.78 Å². The third-order valence-electron chi connectivity index (χ3n) is 12.2. The van der Waals surface area contributed by atoms with Crippen molar-refractivity contribution in [2.75, 3.05) is 0 Å². The van der Waals surface area contributed by atoms with E-state index in [2.05, 4.69) is 13.0 Å². The summed E-state index contributed by atoms with van der Waals surface area (Å²) in [6.45, 7) is 16.1. The molecule has 0 amide bonds. The van der Waals surface area contributed by atoms with Gasteiger partial charge < -0.3 is 25.2 Å². The molecule has 0 aromatic rings. The summed E-state index contributed by atoms with van der Waals surface area (Å²) in [6, 6.07) is 0. The summed E-state index contributed by atoms with van der Waals surface area (Å²) in [5.41, 5.74) is -4.68. The Bertz CT molecular complexity index is 1120. The Morgan fingerprint density at radius 2 is 1.62 bits per heavy atom. The molecule has 0 radical (unpaired) electrons. The van der Waals surface area contributed by atoms with Crippen LogP contribution in [0.25, 0.3) is 0 Å². The zero-order valence-electron chi connectivity index (χ0n) is 25.7. The summed E-state index contributed by atoms with van der Waals surface area (Å²) in [5.74, 6) is -2.15. The molecule has 4 aliphatic carbocycles. The average Bonchev–Trinajstić information content (AvgIpc) is 3.01. The van der Waals surface area contributed by atoms with E-state index in [0.717, 1.165) is 5.57 Å². The van der Waals surface area contributed by atoms with Crippen LogP contribution in [0.3, 0.4) is 0 Å². The van der Waals surface area contributed by atoms with Crippen molar-refractivity contribution in [1.82, 2.24) is 0 Å². The molecule has 0 aromatic carbocycles. The van der Waals surface area contributed by atoms with Gasteiger partial charge in [0.2, 0.25) is 0 Å². The molecule has 0 aromatic heterocycles. The van der Waals surface area contributed by atoms with Crippen LogP contribution in [0.15, 0.2) is 11.6 Å². The number of esters is 1. The minimum atomic E-state index is -1.89. The second kappa shape index (κ2) is 9.45. The molecule has 4 N–H and O–H groups in total. The van der Waals surface area contributed by atoms with E-state index in [0.29, 0.717) is 19.3 Å². The number of aliphatic hydroxyl groups is 4. The molecule has 8 heteroatoms. The molecule has 0 aliphatic heterocycles. The number of hydrogen-bond donors (Lipinski definition) is 4. The Morgan fingerprint density at radius 1 is 1.02 bits per heavy atom. The maximum absolute atomic E-state index is 14.3. The first kappa shape index (κ1) is 31.3. The minimum absolute atomic E-state index is 0.0193. The van der Waals surface area contributed by atoms with Gasteiger partial charge in [-0.25, -0.2) is 0 Å². The van der Waals surface area contributed by atoms with E-state index in [9.17, 15) is 34.8 Å². The Balaban J connectivity index is 1.70. The van der Waals surface area contributed by atoms with Crippen molar-refractivity contribution in [2.24, 2.45) is 39.4 Å². The second-order valence-electron chi connectivity index (χ2n) is 15.4. The van der Waals surface area contributed by atoms with E-state index in [1.54, 1.807) is 13.8 Å². The second-order valence-corrected chi connectivity index (χ2v) is 15.4. The van der Waals surface area contributed by atoms with Crippen LogP contribution in [0, 0.1) is 39.4 Å². The number of carbonyl (C=O) groups excluding carboxylic acids is 3. The quantitative estimate of drug-likeness (QED) is 0.285. The summed E-state index contributed by atoms with van der Waals surface area (Å²) >= 11 is 0. The molecule has 0 saturated heterocycles. The standard InChI is InChI=1S/C32H50O8/c1-17(33)40-27(2,3)13-12-23(36)32(9,39)25-21(35)15-29(6)22-11-10-18-19(14-20(34)26(38)28(18,4)5)31(22,8)24(37)16-30(25,29)7/h10,19-22,25-26,34-35,38-39H,11-16H2,1-9H3/t19-,20+,21-,22+,25+,26-,29+,30-,31+,32?/m1/s1. The van der Waals surface area contributed by atoms with Crippen LogP contribution in [0.5, 0.6) is 0 Å². The molecule has 3 saturated carbocycles. The first-order valence-electron chi connectivity index (χ1n) is 14.8. The summed E-state index contributed by atoms with van der Waals surface area (Å²) in [5, 5.41) is 45.0. The number of Topliss-reactive ketones (excluding diaryl/α,β-unsaturated/α-hetero) is 2. The number of fused-ring (bicyclic) bond motifs is 5. The molecule has 3 fully saturated rings. The van der Waals surface area contributed by atoms with Crippen molar-refractivity contribution in [2.45, 2.75) is 130 Å². The highest BCUT2D eigenvalue weighted by atomic mass is 16.6. The number of aliphatic hydroxyl groups excluding tert-OH is 3. The molecule has 4 rings (SSSR count). The zero-order valence-corrected chi connectivity index (χ0v) is 25.7. The third kappa shape index (κ3) is 4.26. The maximum Gasteiger partial charge on any atom is 0.303 e. The van der Waals surface area contributed by atoms with Crippen molar-refractivity contribution in [3.63, 3.8) is 0 Å². The number of rotatable bonds is 6. The van der Waals surface area contributed by atoms with Gasteiger partial charge in [0.1, 0.15) is 17.0 Å². The summed E-state index contributed by atoms with van der Waals surface area (Å²) in [7, 11) is 0. The highest BCUT2D eigenvalue weighted by Crippen LogP contribution is 2.74. The van der Waals surface area contributed by atoms with E-state index in [-0.39, 0.29) is 36.9 Å². The average molecular weight is 563 g/mol. The van der Waals surface area contributed by atoms with Gasteiger partial charge in [-0.1, -0.05) is 46.3 Å². The lowest BCUT2D eigenvalue weighted by molar-refractivity contribution is -0.188. The number of allylic oxidation sites excluding steroid dienone is 1. The van der Waals surface area contributed by atoms with E-state index in [1.165, 1.54) is 13.8 Å². The first-order chi connectivity index (χ1) is 18.1. The van der Waals surface area contributed by atoms with Crippen molar-refractivity contribution in [3.05, 3.63) is 11.6 Å². The SMILES string of the molecule is CC(=O)OC(C)(C)CCC(=O)C(C)(O)[C@H]1[C@H](O)C[C@@]2(C)[C@@H]3CC=C4[C@@H](C[C@H](O)[C@@H](O)C4(C)C)[C@]3(C)C(=O)C[C@]12C. The zero-order chi connectivity index (χ0) is 30.4. The van der Waals surface area contributed by atoms with Gasteiger partial charge >= 0.3 is 5.97 Å². The molecule has 40 heavy (non-hydrogen) atoms. The molecule has 10 atom stereocenters. The lowest BCUT2D eigenvalue weighted by Crippen LogP contribution is -2.65. The first-order valence-corrected chi connectivity index (χ1v) is 14.8. The van der Waals surface area contributed by atoms with Crippen LogP contribution in [0.1, 0.15) is 101 Å². The molecule has 226 valence electrons. The number of hydrogen-bond acceptors (Lipinski definition) is 8. The van der Waals surface area contributed by atoms with Crippen LogP contribution in [-0.4, -0.2) is 67.5 Å². The van der Waals surface area contributed by atoms with Crippen molar-refractivity contribution in [3.8, 4) is 0 Å². The molecule has 1 unspecified atom stereocenters. The number of ether oxygens (including phenoxy) is 1. The summed E-state index contributed by atoms with van der Waals surface area (Å²) < 4.78 is 5.32. The highest BCUT2D eigenvalue weighted by molar-refractivity contribution is 5.90. The Morgan fingerprint density at radius 3 is 2.20 bits per heavy atom. The van der Waals surface area contributed by atoms with E-state index in [4.69, 9.17) is 4.74 Å². The van der Waals surface area contributed by atoms with E-state index in [1.807, 2.05) is 27.7 Å². The fraction of sp³-hybridized carbons (Fsp3) is 0.844. The van der Waals surface area contributed by atoms with Crippen molar-refractivity contribution in [1.29, 1.82) is 0 Å². The fourth-order valence-electron chi connectivity index (χ4n) is 9.83. The van der Waals surface area contributed by atoms with Crippen molar-refractivity contribution < 1.29 is 39.5 Å². The Hall–Kier alpha value is -1.61.